The molecule has 1 fully saturated rings. The zero-order chi connectivity index (χ0) is 20.6. The Hall–Kier alpha value is -1.76. The molecule has 150 valence electrons. The lowest BCUT2D eigenvalue weighted by Crippen LogP contribution is -2.43. The quantitative estimate of drug-likeness (QED) is 0.741. The molecule has 1 amide bonds. The Kier molecular flexibility index (Phi) is 6.14. The summed E-state index contributed by atoms with van der Waals surface area (Å²) in [6.07, 6.45) is -0.847. The van der Waals surface area contributed by atoms with Crippen LogP contribution >= 0.6 is 15.9 Å². The Morgan fingerprint density at radius 3 is 2.30 bits per heavy atom. The maximum Gasteiger partial charge on any atom is 0.411 e. The van der Waals surface area contributed by atoms with Crippen LogP contribution in [0.3, 0.4) is 0 Å². The topological polar surface area (TPSA) is 76.1 Å². The van der Waals surface area contributed by atoms with E-state index < -0.39 is 29.8 Å². The summed E-state index contributed by atoms with van der Waals surface area (Å²) in [6, 6.07) is 4.91. The number of carboxylic acids is 1. The minimum Gasteiger partial charge on any atom is -0.487 e. The molecule has 1 aliphatic heterocycles. The fourth-order valence-corrected chi connectivity index (χ4v) is 3.35. The van der Waals surface area contributed by atoms with Crippen molar-refractivity contribution in [2.75, 3.05) is 6.54 Å². The molecule has 7 heteroatoms. The molecule has 1 heterocycles. The van der Waals surface area contributed by atoms with E-state index in [9.17, 15) is 14.7 Å². The molecule has 1 aromatic rings. The molecule has 0 bridgehead atoms. The zero-order valence-corrected chi connectivity index (χ0v) is 18.3. The lowest BCUT2D eigenvalue weighted by Gasteiger charge is -2.26. The van der Waals surface area contributed by atoms with E-state index in [2.05, 4.69) is 36.7 Å². The van der Waals surface area contributed by atoms with Crippen molar-refractivity contribution in [2.45, 2.75) is 71.1 Å². The van der Waals surface area contributed by atoms with Gasteiger partial charge in [0.05, 0.1) is 11.0 Å². The van der Waals surface area contributed by atoms with Crippen LogP contribution < -0.4 is 4.74 Å². The molecule has 1 N–H and O–H groups in total. The molecule has 2 rings (SSSR count). The second kappa shape index (κ2) is 7.70. The van der Waals surface area contributed by atoms with Crippen LogP contribution in [0.25, 0.3) is 0 Å². The molecule has 0 aromatic heterocycles. The first-order valence-electron chi connectivity index (χ1n) is 8.97. The van der Waals surface area contributed by atoms with E-state index in [1.807, 2.05) is 18.2 Å². The van der Waals surface area contributed by atoms with Gasteiger partial charge < -0.3 is 14.6 Å². The SMILES string of the molecule is CC(C)(C)OC(=O)N1C[C@@H](Oc2ccc(C(C)(C)C)cc2Br)C[C@H]1C(=O)O. The number of hydrogen-bond acceptors (Lipinski definition) is 4. The number of ether oxygens (including phenoxy) is 2. The Morgan fingerprint density at radius 1 is 1.19 bits per heavy atom. The minimum atomic E-state index is -1.06. The molecule has 0 saturated carbocycles. The van der Waals surface area contributed by atoms with Crippen LogP contribution in [0.5, 0.6) is 5.75 Å². The number of aliphatic carboxylic acids is 1. The van der Waals surface area contributed by atoms with Crippen LogP contribution in [0, 0.1) is 0 Å². The zero-order valence-electron chi connectivity index (χ0n) is 16.7. The van der Waals surface area contributed by atoms with Crippen molar-refractivity contribution in [1.29, 1.82) is 0 Å². The summed E-state index contributed by atoms with van der Waals surface area (Å²) in [7, 11) is 0. The number of carbonyl (C=O) groups is 2. The lowest BCUT2D eigenvalue weighted by molar-refractivity contribution is -0.142. The number of amides is 1. The van der Waals surface area contributed by atoms with E-state index in [-0.39, 0.29) is 18.4 Å². The number of carboxylic acid groups (broad SMARTS) is 1. The van der Waals surface area contributed by atoms with Gasteiger partial charge in [-0.05, 0) is 59.8 Å². The molecule has 0 aliphatic carbocycles. The van der Waals surface area contributed by atoms with E-state index >= 15 is 0 Å². The van der Waals surface area contributed by atoms with Gasteiger partial charge in [-0.3, -0.25) is 4.90 Å². The molecule has 2 atom stereocenters. The van der Waals surface area contributed by atoms with Gasteiger partial charge in [0.1, 0.15) is 23.5 Å². The fraction of sp³-hybridized carbons (Fsp3) is 0.600. The second-order valence-electron chi connectivity index (χ2n) is 8.86. The summed E-state index contributed by atoms with van der Waals surface area (Å²) in [5.41, 5.74) is 0.480. The number of halogens is 1. The van der Waals surface area contributed by atoms with Crippen molar-refractivity contribution < 1.29 is 24.2 Å². The van der Waals surface area contributed by atoms with Crippen molar-refractivity contribution in [3.05, 3.63) is 28.2 Å². The van der Waals surface area contributed by atoms with Gasteiger partial charge in [-0.15, -0.1) is 0 Å². The Balaban J connectivity index is 2.14. The maximum atomic E-state index is 12.4. The standard InChI is InChI=1S/C20H28BrNO5/c1-19(2,3)12-7-8-16(14(21)9-12)26-13-10-15(17(23)24)22(11-13)18(25)27-20(4,5)6/h7-9,13,15H,10-11H2,1-6H3,(H,23,24)/t13-,15-/m0/s1. The largest absolute Gasteiger partial charge is 0.487 e. The molecule has 0 radical (unpaired) electrons. The molecule has 1 saturated heterocycles. The maximum absolute atomic E-state index is 12.4. The average molecular weight is 442 g/mol. The minimum absolute atomic E-state index is 0.0102. The van der Waals surface area contributed by atoms with E-state index in [0.29, 0.717) is 5.75 Å². The normalized spacial score (nSPS) is 20.5. The van der Waals surface area contributed by atoms with Crippen molar-refractivity contribution in [2.24, 2.45) is 0 Å². The number of hydrogen-bond donors (Lipinski definition) is 1. The third kappa shape index (κ3) is 5.61. The molecule has 27 heavy (non-hydrogen) atoms. The van der Waals surface area contributed by atoms with Crippen LogP contribution in [0.15, 0.2) is 22.7 Å². The monoisotopic (exact) mass is 441 g/mol. The van der Waals surface area contributed by atoms with Crippen molar-refractivity contribution in [3.8, 4) is 5.75 Å². The smallest absolute Gasteiger partial charge is 0.411 e. The van der Waals surface area contributed by atoms with Gasteiger partial charge in [-0.1, -0.05) is 26.8 Å². The Bertz CT molecular complexity index is 720. The van der Waals surface area contributed by atoms with E-state index in [0.717, 1.165) is 10.0 Å². The van der Waals surface area contributed by atoms with Gasteiger partial charge in [0.25, 0.3) is 0 Å². The molecule has 0 spiro atoms. The highest BCUT2D eigenvalue weighted by Gasteiger charge is 2.42. The number of rotatable bonds is 3. The van der Waals surface area contributed by atoms with Crippen molar-refractivity contribution in [3.63, 3.8) is 0 Å². The summed E-state index contributed by atoms with van der Waals surface area (Å²) in [5.74, 6) is -0.433. The highest BCUT2D eigenvalue weighted by atomic mass is 79.9. The van der Waals surface area contributed by atoms with E-state index in [1.165, 1.54) is 4.90 Å². The van der Waals surface area contributed by atoms with Gasteiger partial charge in [-0.25, -0.2) is 9.59 Å². The summed E-state index contributed by atoms with van der Waals surface area (Å²) in [5, 5.41) is 9.48. The number of nitrogens with zero attached hydrogens (tertiary/aromatic N) is 1. The number of benzene rings is 1. The number of likely N-dealkylation sites (tertiary alicyclic amines) is 1. The van der Waals surface area contributed by atoms with Gasteiger partial charge in [-0.2, -0.15) is 0 Å². The first-order chi connectivity index (χ1) is 12.3. The van der Waals surface area contributed by atoms with E-state index in [1.54, 1.807) is 20.8 Å². The van der Waals surface area contributed by atoms with Crippen LogP contribution in [0.4, 0.5) is 4.79 Å². The van der Waals surface area contributed by atoms with Gasteiger partial charge in [0, 0.05) is 6.42 Å². The molecular weight excluding hydrogens is 414 g/mol. The van der Waals surface area contributed by atoms with Crippen molar-refractivity contribution >= 4 is 28.0 Å². The predicted octanol–water partition coefficient (Wildman–Crippen LogP) is 4.59. The van der Waals surface area contributed by atoms with Crippen LogP contribution in [0.2, 0.25) is 0 Å². The summed E-state index contributed by atoms with van der Waals surface area (Å²) in [6.45, 7) is 11.8. The molecule has 6 nitrogen and oxygen atoms in total. The summed E-state index contributed by atoms with van der Waals surface area (Å²) >= 11 is 3.53. The molecule has 0 unspecified atom stereocenters. The average Bonchev–Trinajstić information content (AvgIpc) is 2.91. The summed E-state index contributed by atoms with van der Waals surface area (Å²) in [4.78, 5) is 25.2. The third-order valence-electron chi connectivity index (χ3n) is 4.27. The molecule has 1 aromatic carbocycles. The van der Waals surface area contributed by atoms with Crippen molar-refractivity contribution in [1.82, 2.24) is 4.90 Å². The highest BCUT2D eigenvalue weighted by Crippen LogP contribution is 2.34. The summed E-state index contributed by atoms with van der Waals surface area (Å²) < 4.78 is 12.1. The third-order valence-corrected chi connectivity index (χ3v) is 4.89. The number of carbonyl (C=O) groups excluding carboxylic acids is 1. The van der Waals surface area contributed by atoms with Crippen LogP contribution in [-0.2, 0) is 14.9 Å². The first-order valence-corrected chi connectivity index (χ1v) is 9.76. The molecular formula is C20H28BrNO5. The van der Waals surface area contributed by atoms with E-state index in [4.69, 9.17) is 9.47 Å². The Morgan fingerprint density at radius 2 is 1.81 bits per heavy atom. The van der Waals surface area contributed by atoms with Gasteiger partial charge >= 0.3 is 12.1 Å². The molecule has 1 aliphatic rings. The lowest BCUT2D eigenvalue weighted by atomic mass is 9.87. The van der Waals surface area contributed by atoms with Gasteiger partial charge in [0.15, 0.2) is 0 Å². The predicted molar refractivity (Wildman–Crippen MR) is 106 cm³/mol. The van der Waals surface area contributed by atoms with Crippen LogP contribution in [-0.4, -0.2) is 46.4 Å². The second-order valence-corrected chi connectivity index (χ2v) is 9.71. The highest BCUT2D eigenvalue weighted by molar-refractivity contribution is 9.10. The fourth-order valence-electron chi connectivity index (χ4n) is 2.88. The van der Waals surface area contributed by atoms with Gasteiger partial charge in [0.2, 0.25) is 0 Å². The Labute approximate surface area is 169 Å². The first kappa shape index (κ1) is 21.5. The van der Waals surface area contributed by atoms with Crippen LogP contribution in [0.1, 0.15) is 53.5 Å².